The van der Waals surface area contributed by atoms with Crippen LogP contribution in [0.3, 0.4) is 0 Å². The van der Waals surface area contributed by atoms with Crippen molar-refractivity contribution < 1.29 is 8.42 Å². The Morgan fingerprint density at radius 2 is 1.79 bits per heavy atom. The molecule has 0 spiro atoms. The van der Waals surface area contributed by atoms with Gasteiger partial charge in [-0.05, 0) is 43.2 Å². The summed E-state index contributed by atoms with van der Waals surface area (Å²) >= 11 is 0. The molecule has 1 aromatic rings. The molecule has 0 bridgehead atoms. The SMILES string of the molecule is Cc1ccccc1S(=O)(=O)N1CCCC(C)(C)CC1. The highest BCUT2D eigenvalue weighted by atomic mass is 32.2. The molecule has 0 amide bonds. The monoisotopic (exact) mass is 281 g/mol. The highest BCUT2D eigenvalue weighted by Gasteiger charge is 2.30. The van der Waals surface area contributed by atoms with E-state index in [0.717, 1.165) is 24.8 Å². The Morgan fingerprint density at radius 3 is 2.47 bits per heavy atom. The number of aryl methyl sites for hydroxylation is 1. The molecule has 0 atom stereocenters. The number of hydrogen-bond acceptors (Lipinski definition) is 2. The lowest BCUT2D eigenvalue weighted by molar-refractivity contribution is 0.315. The molecular weight excluding hydrogens is 258 g/mol. The molecule has 0 saturated carbocycles. The standard InChI is InChI=1S/C15H23NO2S/c1-13-7-4-5-8-14(13)19(17,18)16-11-6-9-15(2,3)10-12-16/h4-5,7-8H,6,9-12H2,1-3H3. The number of nitrogens with zero attached hydrogens (tertiary/aromatic N) is 1. The number of rotatable bonds is 2. The Bertz CT molecular complexity index is 549. The minimum absolute atomic E-state index is 0.246. The topological polar surface area (TPSA) is 37.4 Å². The zero-order valence-electron chi connectivity index (χ0n) is 12.0. The van der Waals surface area contributed by atoms with Gasteiger partial charge in [-0.3, -0.25) is 0 Å². The normalized spacial score (nSPS) is 21.0. The van der Waals surface area contributed by atoms with Crippen molar-refractivity contribution in [2.24, 2.45) is 5.41 Å². The van der Waals surface area contributed by atoms with Gasteiger partial charge in [0.2, 0.25) is 10.0 Å². The molecule has 3 nitrogen and oxygen atoms in total. The molecule has 19 heavy (non-hydrogen) atoms. The van der Waals surface area contributed by atoms with E-state index in [1.165, 1.54) is 0 Å². The number of benzene rings is 1. The van der Waals surface area contributed by atoms with Crippen LogP contribution in [-0.4, -0.2) is 25.8 Å². The summed E-state index contributed by atoms with van der Waals surface area (Å²) in [5.74, 6) is 0. The quantitative estimate of drug-likeness (QED) is 0.835. The smallest absolute Gasteiger partial charge is 0.207 e. The van der Waals surface area contributed by atoms with E-state index in [-0.39, 0.29) is 5.41 Å². The molecule has 1 aromatic carbocycles. The van der Waals surface area contributed by atoms with Crippen molar-refractivity contribution >= 4 is 10.0 Å². The molecule has 4 heteroatoms. The lowest BCUT2D eigenvalue weighted by atomic mass is 9.85. The van der Waals surface area contributed by atoms with Crippen molar-refractivity contribution in [1.29, 1.82) is 0 Å². The maximum Gasteiger partial charge on any atom is 0.243 e. The van der Waals surface area contributed by atoms with Crippen molar-refractivity contribution in [1.82, 2.24) is 4.31 Å². The Balaban J connectivity index is 2.28. The van der Waals surface area contributed by atoms with Crippen LogP contribution in [0.2, 0.25) is 0 Å². The Labute approximate surface area is 116 Å². The van der Waals surface area contributed by atoms with Crippen molar-refractivity contribution in [3.05, 3.63) is 29.8 Å². The van der Waals surface area contributed by atoms with Gasteiger partial charge < -0.3 is 0 Å². The van der Waals surface area contributed by atoms with Crippen LogP contribution in [0.5, 0.6) is 0 Å². The first kappa shape index (κ1) is 14.5. The average Bonchev–Trinajstić information content (AvgIpc) is 2.51. The first-order valence-corrected chi connectivity index (χ1v) is 8.33. The average molecular weight is 281 g/mol. The summed E-state index contributed by atoms with van der Waals surface area (Å²) < 4.78 is 27.1. The summed E-state index contributed by atoms with van der Waals surface area (Å²) in [6.07, 6.45) is 2.96. The van der Waals surface area contributed by atoms with Gasteiger partial charge in [0.25, 0.3) is 0 Å². The summed E-state index contributed by atoms with van der Waals surface area (Å²) in [6, 6.07) is 7.23. The molecule has 0 unspecified atom stereocenters. The van der Waals surface area contributed by atoms with E-state index < -0.39 is 10.0 Å². The van der Waals surface area contributed by atoms with Gasteiger partial charge in [0.05, 0.1) is 4.90 Å². The van der Waals surface area contributed by atoms with E-state index in [0.29, 0.717) is 18.0 Å². The van der Waals surface area contributed by atoms with E-state index in [1.54, 1.807) is 16.4 Å². The fourth-order valence-electron chi connectivity index (χ4n) is 2.62. The van der Waals surface area contributed by atoms with Crippen LogP contribution in [-0.2, 0) is 10.0 Å². The summed E-state index contributed by atoms with van der Waals surface area (Å²) in [7, 11) is -3.33. The number of hydrogen-bond donors (Lipinski definition) is 0. The molecule has 1 heterocycles. The van der Waals surface area contributed by atoms with Crippen LogP contribution in [0.4, 0.5) is 0 Å². The van der Waals surface area contributed by atoms with Crippen molar-refractivity contribution in [2.75, 3.05) is 13.1 Å². The molecule has 1 fully saturated rings. The predicted molar refractivity (Wildman–Crippen MR) is 77.6 cm³/mol. The Morgan fingerprint density at radius 1 is 1.11 bits per heavy atom. The molecule has 0 N–H and O–H groups in total. The third-order valence-electron chi connectivity index (χ3n) is 4.01. The summed E-state index contributed by atoms with van der Waals surface area (Å²) in [6.45, 7) is 7.56. The third-order valence-corrected chi connectivity index (χ3v) is 6.07. The molecule has 2 rings (SSSR count). The van der Waals surface area contributed by atoms with Crippen LogP contribution in [0.25, 0.3) is 0 Å². The largest absolute Gasteiger partial charge is 0.243 e. The van der Waals surface area contributed by atoms with E-state index in [9.17, 15) is 8.42 Å². The molecule has 1 aliphatic heterocycles. The van der Waals surface area contributed by atoms with Crippen LogP contribution in [0.15, 0.2) is 29.2 Å². The van der Waals surface area contributed by atoms with Crippen LogP contribution >= 0.6 is 0 Å². The zero-order valence-corrected chi connectivity index (χ0v) is 12.8. The van der Waals surface area contributed by atoms with Gasteiger partial charge >= 0.3 is 0 Å². The highest BCUT2D eigenvalue weighted by Crippen LogP contribution is 2.32. The maximum absolute atomic E-state index is 12.7. The minimum Gasteiger partial charge on any atom is -0.207 e. The van der Waals surface area contributed by atoms with Crippen molar-refractivity contribution in [3.63, 3.8) is 0 Å². The molecule has 1 saturated heterocycles. The van der Waals surface area contributed by atoms with E-state index >= 15 is 0 Å². The lowest BCUT2D eigenvalue weighted by Gasteiger charge is -2.23. The Kier molecular flexibility index (Phi) is 4.02. The number of sulfonamides is 1. The third kappa shape index (κ3) is 3.18. The predicted octanol–water partition coefficient (Wildman–Crippen LogP) is 3.20. The summed E-state index contributed by atoms with van der Waals surface area (Å²) in [5.41, 5.74) is 1.07. The van der Waals surface area contributed by atoms with Crippen molar-refractivity contribution in [2.45, 2.75) is 44.9 Å². The first-order valence-electron chi connectivity index (χ1n) is 6.89. The van der Waals surface area contributed by atoms with Crippen LogP contribution < -0.4 is 0 Å². The van der Waals surface area contributed by atoms with E-state index in [2.05, 4.69) is 13.8 Å². The van der Waals surface area contributed by atoms with Gasteiger partial charge in [0, 0.05) is 13.1 Å². The highest BCUT2D eigenvalue weighted by molar-refractivity contribution is 7.89. The lowest BCUT2D eigenvalue weighted by Crippen LogP contribution is -2.32. The summed E-state index contributed by atoms with van der Waals surface area (Å²) in [5, 5.41) is 0. The molecule has 106 valence electrons. The first-order chi connectivity index (χ1) is 8.83. The molecule has 0 aromatic heterocycles. The molecule has 1 aliphatic rings. The second-order valence-corrected chi connectivity index (χ2v) is 8.09. The van der Waals surface area contributed by atoms with Gasteiger partial charge in [-0.25, -0.2) is 8.42 Å². The zero-order chi connectivity index (χ0) is 14.1. The van der Waals surface area contributed by atoms with Gasteiger partial charge in [-0.1, -0.05) is 32.0 Å². The second kappa shape index (κ2) is 5.25. The van der Waals surface area contributed by atoms with E-state index in [4.69, 9.17) is 0 Å². The van der Waals surface area contributed by atoms with Crippen LogP contribution in [0, 0.1) is 12.3 Å². The molecule has 0 aliphatic carbocycles. The maximum atomic E-state index is 12.7. The minimum atomic E-state index is -3.33. The van der Waals surface area contributed by atoms with Gasteiger partial charge in [-0.2, -0.15) is 4.31 Å². The molecular formula is C15H23NO2S. The molecule has 0 radical (unpaired) electrons. The fourth-order valence-corrected chi connectivity index (χ4v) is 4.33. The summed E-state index contributed by atoms with van der Waals surface area (Å²) in [4.78, 5) is 0.453. The van der Waals surface area contributed by atoms with Crippen molar-refractivity contribution in [3.8, 4) is 0 Å². The van der Waals surface area contributed by atoms with Gasteiger partial charge in [0.15, 0.2) is 0 Å². The van der Waals surface area contributed by atoms with Gasteiger partial charge in [-0.15, -0.1) is 0 Å². The van der Waals surface area contributed by atoms with Crippen LogP contribution in [0.1, 0.15) is 38.7 Å². The van der Waals surface area contributed by atoms with Gasteiger partial charge in [0.1, 0.15) is 0 Å². The van der Waals surface area contributed by atoms with E-state index in [1.807, 2.05) is 19.1 Å². The fraction of sp³-hybridized carbons (Fsp3) is 0.600. The Hall–Kier alpha value is -0.870. The second-order valence-electron chi connectivity index (χ2n) is 6.19.